The van der Waals surface area contributed by atoms with Crippen LogP contribution in [0.3, 0.4) is 0 Å². The molecule has 1 saturated heterocycles. The molecule has 18 heteroatoms. The zero-order valence-electron chi connectivity index (χ0n) is 34.7. The Labute approximate surface area is 346 Å². The maximum absolute atomic E-state index is 14.4. The molecule has 1 fully saturated rings. The fraction of sp³-hybridized carbons (Fsp3) is 0.476. The molecule has 1 aliphatic heterocycles. The molecule has 3 aliphatic carbocycles. The Bertz CT molecular complexity index is 2200. The molecule has 0 spiro atoms. The largest absolute Gasteiger partial charge is 0.510 e. The van der Waals surface area contributed by atoms with Crippen molar-refractivity contribution in [2.75, 3.05) is 69.7 Å². The van der Waals surface area contributed by atoms with Gasteiger partial charge < -0.3 is 50.8 Å². The third-order valence-electron chi connectivity index (χ3n) is 11.7. The Balaban J connectivity index is 1.22. The molecule has 7 N–H and O–H groups in total. The second-order valence-electron chi connectivity index (χ2n) is 17.0. The van der Waals surface area contributed by atoms with E-state index in [4.69, 9.17) is 15.2 Å². The molecule has 60 heavy (non-hydrogen) atoms. The number of phenolic OH excluding ortho intramolecular Hbond substituents is 1. The van der Waals surface area contributed by atoms with Crippen LogP contribution in [0.15, 0.2) is 53.0 Å². The number of phenols is 1. The Morgan fingerprint density at radius 2 is 1.62 bits per heavy atom. The lowest BCUT2D eigenvalue weighted by Gasteiger charge is -2.50. The SMILES string of the molecule is CN(C)c1cc(NC(=O)CN(C(=O)OCOC(=O)c2ccc(N3CCCC3)cc2)C(C)(C)C)c(O)c2c1C[C@H]1C[C@H]3[C@H](N(C)C)C(O)=C(C(N)=O)C(=O)[C@@]3(O)C(O)=C1C2=O. The predicted octanol–water partition coefficient (Wildman–Crippen LogP) is 2.78. The van der Waals surface area contributed by atoms with E-state index in [9.17, 15) is 49.2 Å². The summed E-state index contributed by atoms with van der Waals surface area (Å²) in [4.78, 5) is 86.4. The third kappa shape index (κ3) is 7.60. The highest BCUT2D eigenvalue weighted by Crippen LogP contribution is 2.54. The number of ketones is 2. The number of carbonyl (C=O) groups is 6. The van der Waals surface area contributed by atoms with Crippen LogP contribution in [0.2, 0.25) is 0 Å². The maximum atomic E-state index is 14.4. The molecule has 1 heterocycles. The number of rotatable bonds is 10. The molecular weight excluding hydrogens is 780 g/mol. The maximum Gasteiger partial charge on any atom is 0.413 e. The molecular formula is C42H52N6O12. The normalized spacial score (nSPS) is 22.6. The lowest BCUT2D eigenvalue weighted by atomic mass is 9.58. The number of aliphatic hydroxyl groups excluding tert-OH is 2. The minimum Gasteiger partial charge on any atom is -0.510 e. The third-order valence-corrected chi connectivity index (χ3v) is 11.7. The number of fused-ring (bicyclic) bond motifs is 3. The topological polar surface area (TPSA) is 253 Å². The molecule has 18 nitrogen and oxygen atoms in total. The van der Waals surface area contributed by atoms with Gasteiger partial charge in [0.05, 0.1) is 22.9 Å². The Morgan fingerprint density at radius 1 is 0.983 bits per heavy atom. The van der Waals surface area contributed by atoms with Crippen molar-refractivity contribution in [3.05, 3.63) is 69.7 Å². The summed E-state index contributed by atoms with van der Waals surface area (Å²) in [6, 6.07) is 7.21. The second-order valence-corrected chi connectivity index (χ2v) is 17.0. The van der Waals surface area contributed by atoms with Crippen molar-refractivity contribution in [3.63, 3.8) is 0 Å². The van der Waals surface area contributed by atoms with E-state index in [1.165, 1.54) is 11.0 Å². The summed E-state index contributed by atoms with van der Waals surface area (Å²) >= 11 is 0. The van der Waals surface area contributed by atoms with E-state index in [0.717, 1.165) is 36.5 Å². The number of esters is 1. The second kappa shape index (κ2) is 16.1. The first-order valence-corrected chi connectivity index (χ1v) is 19.6. The summed E-state index contributed by atoms with van der Waals surface area (Å²) < 4.78 is 10.4. The molecule has 6 rings (SSSR count). The summed E-state index contributed by atoms with van der Waals surface area (Å²) in [7, 11) is 6.44. The van der Waals surface area contributed by atoms with E-state index in [2.05, 4.69) is 10.2 Å². The van der Waals surface area contributed by atoms with E-state index >= 15 is 0 Å². The molecule has 0 saturated carbocycles. The fourth-order valence-electron chi connectivity index (χ4n) is 8.78. The van der Waals surface area contributed by atoms with Gasteiger partial charge in [0.15, 0.2) is 17.1 Å². The van der Waals surface area contributed by atoms with Crippen LogP contribution in [-0.4, -0.2) is 137 Å². The van der Waals surface area contributed by atoms with Gasteiger partial charge in [0.2, 0.25) is 18.5 Å². The molecule has 0 unspecified atom stereocenters. The van der Waals surface area contributed by atoms with Gasteiger partial charge >= 0.3 is 12.1 Å². The molecule has 0 bridgehead atoms. The quantitative estimate of drug-likeness (QED) is 0.0872. The first-order chi connectivity index (χ1) is 28.1. The van der Waals surface area contributed by atoms with Crippen LogP contribution in [0.25, 0.3) is 0 Å². The Kier molecular flexibility index (Phi) is 11.7. The van der Waals surface area contributed by atoms with Crippen LogP contribution in [0, 0.1) is 11.8 Å². The van der Waals surface area contributed by atoms with E-state index in [1.54, 1.807) is 66.0 Å². The van der Waals surface area contributed by atoms with Gasteiger partial charge in [-0.2, -0.15) is 0 Å². The number of amides is 3. The zero-order chi connectivity index (χ0) is 44.2. The molecule has 4 atom stereocenters. The van der Waals surface area contributed by atoms with Gasteiger partial charge in [0.25, 0.3) is 5.91 Å². The number of nitrogens with two attached hydrogens (primary N) is 1. The smallest absolute Gasteiger partial charge is 0.413 e. The number of benzene rings is 2. The van der Waals surface area contributed by atoms with Crippen molar-refractivity contribution in [1.29, 1.82) is 0 Å². The van der Waals surface area contributed by atoms with Crippen LogP contribution in [0.4, 0.5) is 21.9 Å². The molecule has 2 aromatic carbocycles. The van der Waals surface area contributed by atoms with E-state index in [-0.39, 0.29) is 35.2 Å². The van der Waals surface area contributed by atoms with Crippen molar-refractivity contribution < 1.29 is 58.7 Å². The Hall–Kier alpha value is -6.14. The highest BCUT2D eigenvalue weighted by atomic mass is 16.7. The number of aromatic hydroxyl groups is 1. The van der Waals surface area contributed by atoms with Gasteiger partial charge in [0.1, 0.15) is 23.6 Å². The molecule has 0 radical (unpaired) electrons. The number of nitrogens with one attached hydrogen (secondary N) is 1. The number of primary amides is 1. The van der Waals surface area contributed by atoms with E-state index < -0.39 is 101 Å². The number of aliphatic hydroxyl groups is 3. The number of nitrogens with zero attached hydrogens (tertiary/aromatic N) is 4. The summed E-state index contributed by atoms with van der Waals surface area (Å²) in [6.07, 6.45) is 1.17. The summed E-state index contributed by atoms with van der Waals surface area (Å²) in [5, 5.41) is 48.9. The molecule has 0 aromatic heterocycles. The van der Waals surface area contributed by atoms with Crippen molar-refractivity contribution in [2.45, 2.75) is 63.6 Å². The van der Waals surface area contributed by atoms with Crippen molar-refractivity contribution in [2.24, 2.45) is 17.6 Å². The lowest BCUT2D eigenvalue weighted by molar-refractivity contribution is -0.148. The Morgan fingerprint density at radius 3 is 2.18 bits per heavy atom. The van der Waals surface area contributed by atoms with E-state index in [1.807, 2.05) is 12.1 Å². The molecule has 2 aromatic rings. The molecule has 3 amide bonds. The standard InChI is InChI=1S/C42H52N6O12/c1-41(2,3)48(40(57)60-20-59-39(56)21-10-12-23(13-11-21)47-14-8-9-15-47)19-28(49)44-26-18-27(45(4)5)24-16-22-17-25-32(46(6)7)35(52)31(38(43)55)37(54)42(25,58)36(53)29(22)34(51)30(24)33(26)50/h10-13,18,22,25,32,50,52-53,58H,8-9,14-17,19-20H2,1-7H3,(H2,43,55)(H,44,49)/t22-,25-,32-,42-/m0/s1. The highest BCUT2D eigenvalue weighted by molar-refractivity contribution is 6.25. The monoisotopic (exact) mass is 832 g/mol. The summed E-state index contributed by atoms with van der Waals surface area (Å²) in [5.74, 6) is -9.52. The zero-order valence-corrected chi connectivity index (χ0v) is 34.7. The minimum atomic E-state index is -2.82. The average molecular weight is 833 g/mol. The number of anilines is 3. The highest BCUT2D eigenvalue weighted by Gasteiger charge is 2.63. The van der Waals surface area contributed by atoms with Crippen LogP contribution >= 0.6 is 0 Å². The van der Waals surface area contributed by atoms with Gasteiger partial charge in [-0.05, 0) is 102 Å². The first-order valence-electron chi connectivity index (χ1n) is 19.6. The summed E-state index contributed by atoms with van der Waals surface area (Å²) in [5.41, 5.74) is 1.83. The fourth-order valence-corrected chi connectivity index (χ4v) is 8.78. The van der Waals surface area contributed by atoms with Crippen molar-refractivity contribution >= 4 is 52.5 Å². The minimum absolute atomic E-state index is 0.0297. The number of Topliss-reactive ketones (excluding diaryl/α,β-unsaturated/α-hetero) is 2. The number of likely N-dealkylation sites (N-methyl/N-ethyl adjacent to an activating group) is 1. The van der Waals surface area contributed by atoms with Crippen LogP contribution in [-0.2, 0) is 30.3 Å². The van der Waals surface area contributed by atoms with Crippen LogP contribution < -0.4 is 20.9 Å². The average Bonchev–Trinajstić information content (AvgIpc) is 3.71. The van der Waals surface area contributed by atoms with Gasteiger partial charge in [-0.15, -0.1) is 0 Å². The van der Waals surface area contributed by atoms with Gasteiger partial charge in [0, 0.05) is 55.6 Å². The lowest BCUT2D eigenvalue weighted by Crippen LogP contribution is -2.63. The van der Waals surface area contributed by atoms with Crippen molar-refractivity contribution in [1.82, 2.24) is 9.80 Å². The predicted molar refractivity (Wildman–Crippen MR) is 218 cm³/mol. The van der Waals surface area contributed by atoms with Gasteiger partial charge in [-0.25, -0.2) is 9.59 Å². The molecule has 322 valence electrons. The van der Waals surface area contributed by atoms with E-state index in [0.29, 0.717) is 11.3 Å². The first kappa shape index (κ1) is 43.4. The molecule has 4 aliphatic rings. The number of ether oxygens (including phenoxy) is 2. The van der Waals surface area contributed by atoms with Gasteiger partial charge in [-0.1, -0.05) is 0 Å². The van der Waals surface area contributed by atoms with Crippen LogP contribution in [0.5, 0.6) is 5.75 Å². The number of allylic oxidation sites excluding steroid dienone is 1. The van der Waals surface area contributed by atoms with Crippen LogP contribution in [0.1, 0.15) is 66.3 Å². The van der Waals surface area contributed by atoms with Gasteiger partial charge in [-0.3, -0.25) is 29.0 Å². The summed E-state index contributed by atoms with van der Waals surface area (Å²) in [6.45, 7) is 5.50. The number of carbonyl (C=O) groups excluding carboxylic acids is 6. The number of hydrogen-bond acceptors (Lipinski definition) is 15. The van der Waals surface area contributed by atoms with Crippen molar-refractivity contribution in [3.8, 4) is 5.75 Å². The number of hydrogen-bond donors (Lipinski definition) is 6.